The van der Waals surface area contributed by atoms with Crippen molar-refractivity contribution in [2.45, 2.75) is 44.6 Å². The lowest BCUT2D eigenvalue weighted by molar-refractivity contribution is 0.0826. The number of hydrogen-bond acceptors (Lipinski definition) is 4. The lowest BCUT2D eigenvalue weighted by atomic mass is 9.97. The van der Waals surface area contributed by atoms with Crippen LogP contribution in [0.4, 0.5) is 17.6 Å². The fraction of sp³-hybridized carbons (Fsp3) is 0.381. The highest BCUT2D eigenvalue weighted by Crippen LogP contribution is 2.47. The fourth-order valence-corrected chi connectivity index (χ4v) is 5.90. The van der Waals surface area contributed by atoms with Gasteiger partial charge in [-0.3, -0.25) is 9.56 Å². The van der Waals surface area contributed by atoms with Gasteiger partial charge in [0.2, 0.25) is 6.43 Å². The molecule has 3 heterocycles. The van der Waals surface area contributed by atoms with E-state index in [1.54, 1.807) is 0 Å². The van der Waals surface area contributed by atoms with Crippen LogP contribution in [0.5, 0.6) is 0 Å². The third-order valence-corrected chi connectivity index (χ3v) is 7.30. The molecule has 1 fully saturated rings. The van der Waals surface area contributed by atoms with E-state index in [1.165, 1.54) is 29.5 Å². The van der Waals surface area contributed by atoms with Crippen LogP contribution < -0.4 is 0 Å². The van der Waals surface area contributed by atoms with Crippen LogP contribution in [0.3, 0.4) is 0 Å². The smallest absolute Gasteiger partial charge is 0.242 e. The number of benzene rings is 1. The van der Waals surface area contributed by atoms with E-state index in [1.807, 2.05) is 4.57 Å². The Morgan fingerprint density at radius 1 is 1.03 bits per heavy atom. The molecule has 2 aromatic heterocycles. The molecule has 4 nitrogen and oxygen atoms in total. The van der Waals surface area contributed by atoms with E-state index in [4.69, 9.17) is 0 Å². The molecule has 1 aromatic carbocycles. The Hall–Kier alpha value is -2.55. The molecule has 3 aliphatic rings. The number of nitrogens with zero attached hydrogens (tertiary/aromatic N) is 4. The molecule has 30 heavy (non-hydrogen) atoms. The molecule has 3 aromatic rings. The average molecular weight is 432 g/mol. The van der Waals surface area contributed by atoms with Gasteiger partial charge in [0.15, 0.2) is 5.82 Å². The molecule has 6 rings (SSSR count). The summed E-state index contributed by atoms with van der Waals surface area (Å²) in [7, 11) is 0. The largest absolute Gasteiger partial charge is 0.276 e. The molecule has 1 unspecified atom stereocenters. The summed E-state index contributed by atoms with van der Waals surface area (Å²) < 4.78 is 58.3. The number of thiophene rings is 1. The Morgan fingerprint density at radius 3 is 2.50 bits per heavy atom. The van der Waals surface area contributed by atoms with E-state index >= 15 is 0 Å². The van der Waals surface area contributed by atoms with Crippen molar-refractivity contribution in [1.82, 2.24) is 14.8 Å². The van der Waals surface area contributed by atoms with Crippen LogP contribution in [-0.2, 0) is 19.4 Å². The van der Waals surface area contributed by atoms with Crippen LogP contribution in [0, 0.1) is 17.6 Å². The van der Waals surface area contributed by atoms with Gasteiger partial charge in [-0.2, -0.15) is 0 Å². The summed E-state index contributed by atoms with van der Waals surface area (Å²) in [6.45, 7) is 0.122. The molecule has 1 saturated carbocycles. The molecule has 154 valence electrons. The zero-order valence-electron chi connectivity index (χ0n) is 15.7. The van der Waals surface area contributed by atoms with Gasteiger partial charge in [0.1, 0.15) is 29.0 Å². The Labute approximate surface area is 173 Å². The van der Waals surface area contributed by atoms with Crippen LogP contribution in [0.2, 0.25) is 0 Å². The average Bonchev–Trinajstić information content (AvgIpc) is 3.23. The number of halogens is 4. The molecule has 2 aliphatic carbocycles. The molecule has 0 saturated heterocycles. The Kier molecular flexibility index (Phi) is 3.93. The van der Waals surface area contributed by atoms with Gasteiger partial charge < -0.3 is 0 Å². The van der Waals surface area contributed by atoms with Crippen LogP contribution in [0.25, 0.3) is 5.00 Å². The van der Waals surface area contributed by atoms with Crippen molar-refractivity contribution in [3.05, 3.63) is 63.0 Å². The molecule has 0 radical (unpaired) electrons. The standard InChI is InChI=1S/C21H16F4N4S/c22-12-2-1-3-13(23)17(12)18-16-11-6-10(19(24)25)7-14(11)30-21(16)29-15(8-26-18)27-28-20(29)9-4-5-9/h1-3,9-10,19H,4-8H2. The third kappa shape index (κ3) is 2.60. The normalized spacial score (nSPS) is 20.0. The summed E-state index contributed by atoms with van der Waals surface area (Å²) in [5.74, 6) is -0.491. The number of aromatic nitrogens is 3. The summed E-state index contributed by atoms with van der Waals surface area (Å²) in [5.41, 5.74) is 1.25. The third-order valence-electron chi connectivity index (χ3n) is 6.06. The van der Waals surface area contributed by atoms with Crippen molar-refractivity contribution < 1.29 is 17.6 Å². The monoisotopic (exact) mass is 432 g/mol. The maximum atomic E-state index is 14.7. The second-order valence-electron chi connectivity index (χ2n) is 8.03. The van der Waals surface area contributed by atoms with Gasteiger partial charge >= 0.3 is 0 Å². The summed E-state index contributed by atoms with van der Waals surface area (Å²) in [6.07, 6.45) is 0.0191. The zero-order chi connectivity index (χ0) is 20.6. The second kappa shape index (κ2) is 6.47. The first-order chi connectivity index (χ1) is 14.5. The first-order valence-electron chi connectivity index (χ1n) is 9.89. The fourth-order valence-electron chi connectivity index (χ4n) is 4.45. The summed E-state index contributed by atoms with van der Waals surface area (Å²) >= 11 is 1.40. The van der Waals surface area contributed by atoms with Gasteiger partial charge in [-0.1, -0.05) is 6.07 Å². The van der Waals surface area contributed by atoms with Gasteiger partial charge in [0, 0.05) is 22.3 Å². The van der Waals surface area contributed by atoms with Crippen molar-refractivity contribution in [2.24, 2.45) is 10.9 Å². The van der Waals surface area contributed by atoms with Crippen molar-refractivity contribution >= 4 is 17.0 Å². The summed E-state index contributed by atoms with van der Waals surface area (Å²) in [6, 6.07) is 3.68. The molecular formula is C21H16F4N4S. The molecule has 1 atom stereocenters. The lowest BCUT2D eigenvalue weighted by Gasteiger charge is -2.13. The number of alkyl halides is 2. The minimum atomic E-state index is -2.44. The molecule has 0 amide bonds. The molecule has 0 spiro atoms. The van der Waals surface area contributed by atoms with Crippen LogP contribution in [0.1, 0.15) is 52.0 Å². The Balaban J connectivity index is 1.61. The van der Waals surface area contributed by atoms with E-state index in [9.17, 15) is 17.6 Å². The second-order valence-corrected chi connectivity index (χ2v) is 9.12. The highest BCUT2D eigenvalue weighted by molar-refractivity contribution is 7.15. The van der Waals surface area contributed by atoms with Gasteiger partial charge in [0.25, 0.3) is 0 Å². The maximum absolute atomic E-state index is 14.7. The first kappa shape index (κ1) is 18.2. The van der Waals surface area contributed by atoms with E-state index in [-0.39, 0.29) is 30.7 Å². The minimum absolute atomic E-state index is 0.122. The van der Waals surface area contributed by atoms with Crippen LogP contribution in [0.15, 0.2) is 23.2 Å². The van der Waals surface area contributed by atoms with Gasteiger partial charge in [-0.15, -0.1) is 21.5 Å². The van der Waals surface area contributed by atoms with Crippen molar-refractivity contribution in [3.63, 3.8) is 0 Å². The Morgan fingerprint density at radius 2 is 1.80 bits per heavy atom. The molecular weight excluding hydrogens is 416 g/mol. The predicted molar refractivity (Wildman–Crippen MR) is 104 cm³/mol. The van der Waals surface area contributed by atoms with Gasteiger partial charge in [-0.25, -0.2) is 17.6 Å². The van der Waals surface area contributed by atoms with E-state index in [0.717, 1.165) is 34.1 Å². The lowest BCUT2D eigenvalue weighted by Crippen LogP contribution is -2.15. The minimum Gasteiger partial charge on any atom is -0.276 e. The predicted octanol–water partition coefficient (Wildman–Crippen LogP) is 4.82. The molecule has 1 aliphatic heterocycles. The van der Waals surface area contributed by atoms with E-state index < -0.39 is 24.0 Å². The van der Waals surface area contributed by atoms with E-state index in [2.05, 4.69) is 15.2 Å². The number of rotatable bonds is 3. The van der Waals surface area contributed by atoms with Crippen molar-refractivity contribution in [3.8, 4) is 5.00 Å². The zero-order valence-corrected chi connectivity index (χ0v) is 16.5. The van der Waals surface area contributed by atoms with Crippen molar-refractivity contribution in [2.75, 3.05) is 0 Å². The summed E-state index contributed by atoms with van der Waals surface area (Å²) in [4.78, 5) is 5.37. The van der Waals surface area contributed by atoms with Crippen LogP contribution >= 0.6 is 11.3 Å². The molecule has 0 N–H and O–H groups in total. The highest BCUT2D eigenvalue weighted by atomic mass is 32.1. The topological polar surface area (TPSA) is 43.1 Å². The van der Waals surface area contributed by atoms with Gasteiger partial charge in [-0.05, 0) is 43.4 Å². The number of hydrogen-bond donors (Lipinski definition) is 0. The van der Waals surface area contributed by atoms with E-state index in [0.29, 0.717) is 17.3 Å². The van der Waals surface area contributed by atoms with Crippen molar-refractivity contribution in [1.29, 1.82) is 0 Å². The quantitative estimate of drug-likeness (QED) is 0.557. The SMILES string of the molecule is Fc1cccc(F)c1C1=NCc2nnc(C3CC3)n2-c2sc3c(c21)CC(C(F)F)C3. The number of aliphatic imine (C=N–C) groups is 1. The van der Waals surface area contributed by atoms with Gasteiger partial charge in [0.05, 0.1) is 11.3 Å². The maximum Gasteiger partial charge on any atom is 0.242 e. The molecule has 0 bridgehead atoms. The van der Waals surface area contributed by atoms with Crippen LogP contribution in [-0.4, -0.2) is 26.9 Å². The number of fused-ring (bicyclic) bond motifs is 5. The Bertz CT molecular complexity index is 1190. The summed E-state index contributed by atoms with van der Waals surface area (Å²) in [5, 5.41) is 9.37. The first-order valence-corrected chi connectivity index (χ1v) is 10.7. The highest BCUT2D eigenvalue weighted by Gasteiger charge is 2.40. The molecule has 9 heteroatoms.